The molecule has 4 amide bonds. The number of rotatable bonds is 20. The molecular weight excluding hydrogens is 646 g/mol. The lowest BCUT2D eigenvalue weighted by atomic mass is 10.0. The highest BCUT2D eigenvalue weighted by molar-refractivity contribution is 6.17. The third kappa shape index (κ3) is 10.1. The van der Waals surface area contributed by atoms with E-state index in [0.29, 0.717) is 61.4 Å². The summed E-state index contributed by atoms with van der Waals surface area (Å²) >= 11 is 5.67. The summed E-state index contributed by atoms with van der Waals surface area (Å²) in [4.78, 5) is 51.0. The second-order valence-corrected chi connectivity index (χ2v) is 11.4. The summed E-state index contributed by atoms with van der Waals surface area (Å²) in [6.07, 6.45) is 4.67. The van der Waals surface area contributed by atoms with Crippen LogP contribution >= 0.6 is 11.6 Å². The van der Waals surface area contributed by atoms with Gasteiger partial charge in [-0.05, 0) is 31.4 Å². The minimum atomic E-state index is -0.736. The van der Waals surface area contributed by atoms with Crippen molar-refractivity contribution in [1.82, 2.24) is 15.5 Å². The quantitative estimate of drug-likeness (QED) is 0.0897. The molecule has 2 aromatic carbocycles. The molecule has 0 radical (unpaired) electrons. The van der Waals surface area contributed by atoms with Crippen LogP contribution in [0.2, 0.25) is 0 Å². The molecule has 2 N–H and O–H groups in total. The van der Waals surface area contributed by atoms with Gasteiger partial charge in [0.2, 0.25) is 17.6 Å². The van der Waals surface area contributed by atoms with Crippen LogP contribution < -0.4 is 24.8 Å². The van der Waals surface area contributed by atoms with Crippen LogP contribution in [0, 0.1) is 0 Å². The summed E-state index contributed by atoms with van der Waals surface area (Å²) in [7, 11) is 2.90. The average Bonchev–Trinajstić information content (AvgIpc) is 3.42. The van der Waals surface area contributed by atoms with Crippen molar-refractivity contribution in [2.24, 2.45) is 10.2 Å². The molecule has 0 aromatic heterocycles. The van der Waals surface area contributed by atoms with Gasteiger partial charge in [0.1, 0.15) is 6.04 Å². The second-order valence-electron chi connectivity index (χ2n) is 11.0. The van der Waals surface area contributed by atoms with Crippen molar-refractivity contribution in [1.29, 1.82) is 0 Å². The number of azo groups is 1. The number of methoxy groups -OCH3 is 2. The Hall–Kier alpha value is -4.27. The number of imide groups is 1. The van der Waals surface area contributed by atoms with Gasteiger partial charge >= 0.3 is 0 Å². The number of hydrogen-bond donors (Lipinski definition) is 2. The van der Waals surface area contributed by atoms with Crippen molar-refractivity contribution < 1.29 is 42.9 Å². The molecule has 1 atom stereocenters. The number of benzene rings is 2. The first kappa shape index (κ1) is 36.6. The number of piperidine rings is 1. The number of unbranched alkanes of at least 4 members (excludes halogenated alkanes) is 3. The average molecular weight is 688 g/mol. The SMILES string of the molecule is COc1cc(N=Nc2cccc3c2CN(C2CCC(=O)NC2=O)C3=O)cc(OC)c1OCC(=O)NCCOCCOCCCCCCCl. The van der Waals surface area contributed by atoms with E-state index in [4.69, 9.17) is 35.3 Å². The van der Waals surface area contributed by atoms with E-state index in [-0.39, 0.29) is 61.0 Å². The van der Waals surface area contributed by atoms with Crippen LogP contribution in [0.15, 0.2) is 40.6 Å². The fraction of sp³-hybridized carbons (Fsp3) is 0.515. The molecule has 0 aliphatic carbocycles. The fourth-order valence-corrected chi connectivity index (χ4v) is 5.46. The van der Waals surface area contributed by atoms with Crippen LogP contribution in [0.4, 0.5) is 11.4 Å². The number of nitrogens with zero attached hydrogens (tertiary/aromatic N) is 3. The van der Waals surface area contributed by atoms with E-state index in [2.05, 4.69) is 20.9 Å². The zero-order valence-corrected chi connectivity index (χ0v) is 28.0. The van der Waals surface area contributed by atoms with Gasteiger partial charge < -0.3 is 33.9 Å². The number of nitrogens with one attached hydrogen (secondary N) is 2. The predicted molar refractivity (Wildman–Crippen MR) is 176 cm³/mol. The van der Waals surface area contributed by atoms with Gasteiger partial charge in [-0.2, -0.15) is 10.2 Å². The fourth-order valence-electron chi connectivity index (χ4n) is 5.27. The zero-order chi connectivity index (χ0) is 34.3. The normalized spacial score (nSPS) is 15.9. The summed E-state index contributed by atoms with van der Waals surface area (Å²) in [5.74, 6) is -0.0206. The molecule has 14 nitrogen and oxygen atoms in total. The number of hydrogen-bond acceptors (Lipinski definition) is 11. The molecule has 48 heavy (non-hydrogen) atoms. The monoisotopic (exact) mass is 687 g/mol. The topological polar surface area (TPSA) is 166 Å². The van der Waals surface area contributed by atoms with Gasteiger partial charge in [-0.25, -0.2) is 0 Å². The highest BCUT2D eigenvalue weighted by Gasteiger charge is 2.39. The molecule has 260 valence electrons. The predicted octanol–water partition coefficient (Wildman–Crippen LogP) is 4.21. The van der Waals surface area contributed by atoms with Gasteiger partial charge in [0.05, 0.1) is 45.4 Å². The van der Waals surface area contributed by atoms with Crippen molar-refractivity contribution in [3.63, 3.8) is 0 Å². The molecule has 0 bridgehead atoms. The van der Waals surface area contributed by atoms with Crippen LogP contribution in [0.5, 0.6) is 17.2 Å². The van der Waals surface area contributed by atoms with Gasteiger partial charge in [-0.15, -0.1) is 11.6 Å². The lowest BCUT2D eigenvalue weighted by Gasteiger charge is -2.29. The molecule has 2 aliphatic rings. The highest BCUT2D eigenvalue weighted by atomic mass is 35.5. The van der Waals surface area contributed by atoms with Crippen molar-refractivity contribution >= 4 is 46.6 Å². The third-order valence-electron chi connectivity index (χ3n) is 7.74. The number of amides is 4. The molecule has 0 spiro atoms. The Morgan fingerprint density at radius 2 is 1.71 bits per heavy atom. The summed E-state index contributed by atoms with van der Waals surface area (Å²) in [6.45, 7) is 2.16. The van der Waals surface area contributed by atoms with Crippen LogP contribution in [0.1, 0.15) is 54.4 Å². The largest absolute Gasteiger partial charge is 0.493 e. The Labute approximate surface area is 284 Å². The first-order valence-corrected chi connectivity index (χ1v) is 16.4. The first-order chi connectivity index (χ1) is 23.4. The third-order valence-corrected chi connectivity index (χ3v) is 8.00. The lowest BCUT2D eigenvalue weighted by Crippen LogP contribution is -2.52. The van der Waals surface area contributed by atoms with E-state index in [1.54, 1.807) is 30.3 Å². The van der Waals surface area contributed by atoms with Crippen molar-refractivity contribution in [3.8, 4) is 17.2 Å². The van der Waals surface area contributed by atoms with E-state index >= 15 is 0 Å². The Kier molecular flexibility index (Phi) is 14.4. The Morgan fingerprint density at radius 3 is 2.42 bits per heavy atom. The van der Waals surface area contributed by atoms with Crippen LogP contribution in [-0.4, -0.2) is 94.2 Å². The minimum absolute atomic E-state index is 0.160. The number of carbonyl (C=O) groups is 4. The van der Waals surface area contributed by atoms with Crippen LogP contribution in [-0.2, 0) is 30.4 Å². The van der Waals surface area contributed by atoms with Gasteiger partial charge in [0.25, 0.3) is 11.8 Å². The number of halogens is 1. The van der Waals surface area contributed by atoms with Crippen LogP contribution in [0.25, 0.3) is 0 Å². The molecule has 1 fully saturated rings. The standard InChI is InChI=1S/C33H42ClN5O9/c1-44-27-18-22(37-38-25-9-7-8-23-24(25)20-39(33(23)43)26-10-11-29(40)36-32(26)42)19-28(45-2)31(27)48-21-30(41)35-13-15-47-17-16-46-14-6-4-3-5-12-34/h7-9,18-19,26H,3-6,10-17,20-21H2,1-2H3,(H,35,41)(H,36,40,42). The summed E-state index contributed by atoms with van der Waals surface area (Å²) in [5, 5.41) is 13.8. The maximum Gasteiger partial charge on any atom is 0.258 e. The Bertz CT molecular complexity index is 1450. The lowest BCUT2D eigenvalue weighted by molar-refractivity contribution is -0.137. The van der Waals surface area contributed by atoms with Gasteiger partial charge in [-0.1, -0.05) is 18.9 Å². The highest BCUT2D eigenvalue weighted by Crippen LogP contribution is 2.42. The molecule has 2 aliphatic heterocycles. The first-order valence-electron chi connectivity index (χ1n) is 15.9. The van der Waals surface area contributed by atoms with E-state index in [9.17, 15) is 19.2 Å². The second kappa shape index (κ2) is 18.9. The molecular formula is C33H42ClN5O9. The molecule has 1 unspecified atom stereocenters. The van der Waals surface area contributed by atoms with E-state index in [0.717, 1.165) is 25.7 Å². The number of alkyl halides is 1. The Balaban J connectivity index is 1.27. The Morgan fingerprint density at radius 1 is 0.979 bits per heavy atom. The van der Waals surface area contributed by atoms with Crippen molar-refractivity contribution in [2.45, 2.75) is 51.1 Å². The molecule has 2 aromatic rings. The van der Waals surface area contributed by atoms with Gasteiger partial charge in [-0.3, -0.25) is 24.5 Å². The summed E-state index contributed by atoms with van der Waals surface area (Å²) in [6, 6.07) is 7.52. The molecule has 15 heteroatoms. The smallest absolute Gasteiger partial charge is 0.258 e. The maximum absolute atomic E-state index is 13.1. The number of carbonyl (C=O) groups excluding carboxylic acids is 4. The molecule has 4 rings (SSSR count). The zero-order valence-electron chi connectivity index (χ0n) is 27.3. The molecule has 1 saturated heterocycles. The summed E-state index contributed by atoms with van der Waals surface area (Å²) < 4.78 is 27.8. The van der Waals surface area contributed by atoms with E-state index < -0.39 is 11.9 Å². The van der Waals surface area contributed by atoms with E-state index in [1.165, 1.54) is 19.1 Å². The van der Waals surface area contributed by atoms with Gasteiger partial charge in [0.15, 0.2) is 18.1 Å². The molecule has 0 saturated carbocycles. The van der Waals surface area contributed by atoms with E-state index in [1.807, 2.05) is 0 Å². The molecule has 2 heterocycles. The maximum atomic E-state index is 13.1. The number of ether oxygens (including phenoxy) is 5. The van der Waals surface area contributed by atoms with Gasteiger partial charge in [0, 0.05) is 55.3 Å². The van der Waals surface area contributed by atoms with Crippen molar-refractivity contribution in [3.05, 3.63) is 41.5 Å². The summed E-state index contributed by atoms with van der Waals surface area (Å²) in [5.41, 5.74) is 1.88. The van der Waals surface area contributed by atoms with Crippen molar-refractivity contribution in [2.75, 3.05) is 59.7 Å². The van der Waals surface area contributed by atoms with Crippen LogP contribution in [0.3, 0.4) is 0 Å². The number of fused-ring (bicyclic) bond motifs is 1. The minimum Gasteiger partial charge on any atom is -0.493 e.